The summed E-state index contributed by atoms with van der Waals surface area (Å²) in [5.41, 5.74) is 0. The molecule has 0 spiro atoms. The molecule has 3 atom stereocenters. The second kappa shape index (κ2) is 4.86. The molecule has 12 heavy (non-hydrogen) atoms. The molecule has 1 heteroatoms. The molecule has 1 saturated carbocycles. The lowest BCUT2D eigenvalue weighted by Crippen LogP contribution is -2.18. The van der Waals surface area contributed by atoms with Crippen LogP contribution in [0.1, 0.15) is 52.4 Å². The highest BCUT2D eigenvalue weighted by molar-refractivity contribution is 4.73. The topological polar surface area (TPSA) is 20.2 Å². The fourth-order valence-electron chi connectivity index (χ4n) is 2.47. The molecule has 0 amide bonds. The summed E-state index contributed by atoms with van der Waals surface area (Å²) in [4.78, 5) is 0. The van der Waals surface area contributed by atoms with Crippen LogP contribution in [0, 0.1) is 11.8 Å². The van der Waals surface area contributed by atoms with Crippen LogP contribution in [0.15, 0.2) is 0 Å². The normalized spacial score (nSPS) is 33.2. The van der Waals surface area contributed by atoms with Crippen LogP contribution in [0.3, 0.4) is 0 Å². The minimum absolute atomic E-state index is 0.0920. The molecule has 0 aromatic carbocycles. The predicted octanol–water partition coefficient (Wildman–Crippen LogP) is 2.97. The first-order valence-electron chi connectivity index (χ1n) is 5.40. The third-order valence-electron chi connectivity index (χ3n) is 3.14. The van der Waals surface area contributed by atoms with E-state index in [9.17, 15) is 5.11 Å². The largest absolute Gasteiger partial charge is 0.393 e. The second-order valence-electron chi connectivity index (χ2n) is 4.39. The molecular formula is C11H22O. The van der Waals surface area contributed by atoms with Crippen molar-refractivity contribution in [1.29, 1.82) is 0 Å². The van der Waals surface area contributed by atoms with Crippen LogP contribution in [0.4, 0.5) is 0 Å². The average Bonchev–Trinajstić information content (AvgIpc) is 2.03. The number of hydrogen-bond donors (Lipinski definition) is 1. The fourth-order valence-corrected chi connectivity index (χ4v) is 2.47. The number of hydrogen-bond acceptors (Lipinski definition) is 1. The molecule has 1 aliphatic carbocycles. The van der Waals surface area contributed by atoms with Gasteiger partial charge in [0.2, 0.25) is 0 Å². The van der Waals surface area contributed by atoms with E-state index < -0.39 is 0 Å². The van der Waals surface area contributed by atoms with Gasteiger partial charge in [0.15, 0.2) is 0 Å². The Morgan fingerprint density at radius 2 is 2.00 bits per heavy atom. The molecule has 0 aromatic rings. The molecular weight excluding hydrogens is 148 g/mol. The molecule has 1 nitrogen and oxygen atoms in total. The minimum Gasteiger partial charge on any atom is -0.393 e. The standard InChI is InChI=1S/C11H22O/c1-3-10-5-4-6-11(8-10)7-9(2)12/h9-12H,3-8H2,1-2H3. The molecule has 0 aliphatic heterocycles. The highest BCUT2D eigenvalue weighted by Gasteiger charge is 2.21. The molecule has 0 aromatic heterocycles. The van der Waals surface area contributed by atoms with Crippen LogP contribution in [-0.4, -0.2) is 11.2 Å². The van der Waals surface area contributed by atoms with Gasteiger partial charge in [0.05, 0.1) is 6.10 Å². The van der Waals surface area contributed by atoms with E-state index in [1.807, 2.05) is 6.92 Å². The molecule has 0 saturated heterocycles. The highest BCUT2D eigenvalue weighted by Crippen LogP contribution is 2.33. The van der Waals surface area contributed by atoms with Crippen LogP contribution in [0.25, 0.3) is 0 Å². The molecule has 1 aliphatic rings. The van der Waals surface area contributed by atoms with E-state index in [0.717, 1.165) is 18.3 Å². The van der Waals surface area contributed by atoms with E-state index in [1.54, 1.807) is 0 Å². The van der Waals surface area contributed by atoms with Gasteiger partial charge in [-0.05, 0) is 31.6 Å². The molecule has 0 heterocycles. The third kappa shape index (κ3) is 3.14. The Kier molecular flexibility index (Phi) is 4.07. The van der Waals surface area contributed by atoms with E-state index in [2.05, 4.69) is 6.92 Å². The number of aliphatic hydroxyl groups is 1. The molecule has 1 N–H and O–H groups in total. The number of rotatable bonds is 3. The Balaban J connectivity index is 2.25. The highest BCUT2D eigenvalue weighted by atomic mass is 16.3. The predicted molar refractivity (Wildman–Crippen MR) is 52.0 cm³/mol. The zero-order valence-electron chi connectivity index (χ0n) is 8.42. The third-order valence-corrected chi connectivity index (χ3v) is 3.14. The molecule has 0 bridgehead atoms. The molecule has 0 radical (unpaired) electrons. The lowest BCUT2D eigenvalue weighted by molar-refractivity contribution is 0.133. The lowest BCUT2D eigenvalue weighted by atomic mass is 9.78. The first-order chi connectivity index (χ1) is 5.72. The summed E-state index contributed by atoms with van der Waals surface area (Å²) >= 11 is 0. The fraction of sp³-hybridized carbons (Fsp3) is 1.00. The van der Waals surface area contributed by atoms with Crippen molar-refractivity contribution in [2.75, 3.05) is 0 Å². The average molecular weight is 170 g/mol. The summed E-state index contributed by atoms with van der Waals surface area (Å²) in [6, 6.07) is 0. The van der Waals surface area contributed by atoms with Crippen molar-refractivity contribution >= 4 is 0 Å². The van der Waals surface area contributed by atoms with Crippen LogP contribution in [-0.2, 0) is 0 Å². The Labute approximate surface area is 76.2 Å². The van der Waals surface area contributed by atoms with Gasteiger partial charge in [0, 0.05) is 0 Å². The van der Waals surface area contributed by atoms with Crippen LogP contribution in [0.5, 0.6) is 0 Å². The van der Waals surface area contributed by atoms with Crippen molar-refractivity contribution < 1.29 is 5.11 Å². The van der Waals surface area contributed by atoms with E-state index in [4.69, 9.17) is 0 Å². The van der Waals surface area contributed by atoms with Gasteiger partial charge in [-0.1, -0.05) is 32.6 Å². The van der Waals surface area contributed by atoms with Crippen molar-refractivity contribution in [2.24, 2.45) is 11.8 Å². The van der Waals surface area contributed by atoms with Gasteiger partial charge in [0.25, 0.3) is 0 Å². The van der Waals surface area contributed by atoms with Crippen molar-refractivity contribution in [1.82, 2.24) is 0 Å². The number of aliphatic hydroxyl groups excluding tert-OH is 1. The van der Waals surface area contributed by atoms with Crippen molar-refractivity contribution in [2.45, 2.75) is 58.5 Å². The first kappa shape index (κ1) is 10.0. The Hall–Kier alpha value is -0.0400. The van der Waals surface area contributed by atoms with Gasteiger partial charge < -0.3 is 5.11 Å². The van der Waals surface area contributed by atoms with Crippen LogP contribution < -0.4 is 0 Å². The van der Waals surface area contributed by atoms with E-state index in [1.165, 1.54) is 32.1 Å². The quantitative estimate of drug-likeness (QED) is 0.690. The summed E-state index contributed by atoms with van der Waals surface area (Å²) in [5, 5.41) is 9.26. The Morgan fingerprint density at radius 3 is 2.58 bits per heavy atom. The summed E-state index contributed by atoms with van der Waals surface area (Å²) in [7, 11) is 0. The van der Waals surface area contributed by atoms with Crippen molar-refractivity contribution in [3.8, 4) is 0 Å². The molecule has 1 fully saturated rings. The summed E-state index contributed by atoms with van der Waals surface area (Å²) in [6.45, 7) is 4.20. The first-order valence-corrected chi connectivity index (χ1v) is 5.40. The lowest BCUT2D eigenvalue weighted by Gasteiger charge is -2.29. The smallest absolute Gasteiger partial charge is 0.0514 e. The van der Waals surface area contributed by atoms with E-state index >= 15 is 0 Å². The molecule has 1 rings (SSSR count). The van der Waals surface area contributed by atoms with E-state index in [-0.39, 0.29) is 6.10 Å². The summed E-state index contributed by atoms with van der Waals surface area (Å²) < 4.78 is 0. The zero-order valence-corrected chi connectivity index (χ0v) is 8.42. The van der Waals surface area contributed by atoms with E-state index in [0.29, 0.717) is 0 Å². The Morgan fingerprint density at radius 1 is 1.33 bits per heavy atom. The maximum absolute atomic E-state index is 9.26. The van der Waals surface area contributed by atoms with Gasteiger partial charge in [-0.3, -0.25) is 0 Å². The maximum Gasteiger partial charge on any atom is 0.0514 e. The van der Waals surface area contributed by atoms with Crippen LogP contribution >= 0.6 is 0 Å². The summed E-state index contributed by atoms with van der Waals surface area (Å²) in [6.07, 6.45) is 7.78. The van der Waals surface area contributed by atoms with Crippen LogP contribution in [0.2, 0.25) is 0 Å². The monoisotopic (exact) mass is 170 g/mol. The SMILES string of the molecule is CCC1CCCC(CC(C)O)C1. The zero-order chi connectivity index (χ0) is 8.97. The summed E-state index contributed by atoms with van der Waals surface area (Å²) in [5.74, 6) is 1.76. The molecule has 72 valence electrons. The van der Waals surface area contributed by atoms with Crippen molar-refractivity contribution in [3.05, 3.63) is 0 Å². The van der Waals surface area contributed by atoms with Gasteiger partial charge >= 0.3 is 0 Å². The minimum atomic E-state index is -0.0920. The van der Waals surface area contributed by atoms with Gasteiger partial charge in [-0.2, -0.15) is 0 Å². The van der Waals surface area contributed by atoms with Crippen molar-refractivity contribution in [3.63, 3.8) is 0 Å². The van der Waals surface area contributed by atoms with Gasteiger partial charge in [0.1, 0.15) is 0 Å². The Bertz CT molecular complexity index is 120. The maximum atomic E-state index is 9.26. The van der Waals surface area contributed by atoms with Gasteiger partial charge in [-0.25, -0.2) is 0 Å². The molecule has 3 unspecified atom stereocenters. The second-order valence-corrected chi connectivity index (χ2v) is 4.39. The van der Waals surface area contributed by atoms with Gasteiger partial charge in [-0.15, -0.1) is 0 Å².